The first-order valence-electron chi connectivity index (χ1n) is 4.26. The predicted molar refractivity (Wildman–Crippen MR) is 46.9 cm³/mol. The lowest BCUT2D eigenvalue weighted by atomic mass is 10.1. The predicted octanol–water partition coefficient (Wildman–Crippen LogP) is 1.55. The molecule has 0 radical (unpaired) electrons. The smallest absolute Gasteiger partial charge is 0.340 e. The average molecular weight is 196 g/mol. The average Bonchev–Trinajstić information content (AvgIpc) is 2.62. The monoisotopic (exact) mass is 196 g/mol. The van der Waals surface area contributed by atoms with Crippen molar-refractivity contribution >= 4 is 5.97 Å². The van der Waals surface area contributed by atoms with Crippen molar-refractivity contribution in [1.29, 1.82) is 0 Å². The Morgan fingerprint density at radius 3 is 3.07 bits per heavy atom. The van der Waals surface area contributed by atoms with Gasteiger partial charge in [0.25, 0.3) is 0 Å². The van der Waals surface area contributed by atoms with Gasteiger partial charge in [0.2, 0.25) is 0 Å². The number of esters is 1. The van der Waals surface area contributed by atoms with Gasteiger partial charge in [0, 0.05) is 12.0 Å². The van der Waals surface area contributed by atoms with E-state index in [4.69, 9.17) is 4.74 Å². The van der Waals surface area contributed by atoms with E-state index in [1.54, 1.807) is 0 Å². The minimum absolute atomic E-state index is 0.0758. The van der Waals surface area contributed by atoms with Crippen molar-refractivity contribution in [3.8, 4) is 5.75 Å². The van der Waals surface area contributed by atoms with Crippen LogP contribution in [0.3, 0.4) is 0 Å². The van der Waals surface area contributed by atoms with Crippen molar-refractivity contribution in [1.82, 2.24) is 0 Å². The second-order valence-electron chi connectivity index (χ2n) is 3.03. The molecule has 3 nitrogen and oxygen atoms in total. The zero-order chi connectivity index (χ0) is 10.1. The minimum atomic E-state index is -0.680. The van der Waals surface area contributed by atoms with Crippen LogP contribution in [0.1, 0.15) is 15.9 Å². The topological polar surface area (TPSA) is 35.5 Å². The highest BCUT2D eigenvalue weighted by Gasteiger charge is 2.19. The zero-order valence-electron chi connectivity index (χ0n) is 7.67. The van der Waals surface area contributed by atoms with Crippen molar-refractivity contribution in [3.63, 3.8) is 0 Å². The lowest BCUT2D eigenvalue weighted by molar-refractivity contribution is 0.0595. The van der Waals surface area contributed by atoms with Crippen molar-refractivity contribution < 1.29 is 18.7 Å². The molecule has 74 valence electrons. The highest BCUT2D eigenvalue weighted by atomic mass is 19.1. The maximum absolute atomic E-state index is 13.3. The number of hydrogen-bond donors (Lipinski definition) is 0. The summed E-state index contributed by atoms with van der Waals surface area (Å²) < 4.78 is 23.0. The molecule has 0 N–H and O–H groups in total. The summed E-state index contributed by atoms with van der Waals surface area (Å²) in [6.07, 6.45) is 0.688. The number of methoxy groups -OCH3 is 1. The van der Waals surface area contributed by atoms with Crippen LogP contribution in [0.4, 0.5) is 4.39 Å². The first-order valence-corrected chi connectivity index (χ1v) is 4.26. The molecular formula is C10H9FO3. The summed E-state index contributed by atoms with van der Waals surface area (Å²) >= 11 is 0. The van der Waals surface area contributed by atoms with E-state index >= 15 is 0 Å². The van der Waals surface area contributed by atoms with Crippen LogP contribution in [0, 0.1) is 5.82 Å². The lowest BCUT2D eigenvalue weighted by Crippen LogP contribution is -2.04. The number of halogens is 1. The summed E-state index contributed by atoms with van der Waals surface area (Å²) in [6, 6.07) is 2.72. The maximum Gasteiger partial charge on any atom is 0.340 e. The number of hydrogen-bond acceptors (Lipinski definition) is 3. The van der Waals surface area contributed by atoms with Crippen molar-refractivity contribution in [2.75, 3.05) is 13.7 Å². The number of carbonyl (C=O) groups excluding carboxylic acids is 1. The highest BCUT2D eigenvalue weighted by molar-refractivity contribution is 5.90. The molecule has 14 heavy (non-hydrogen) atoms. The molecular weight excluding hydrogens is 187 g/mol. The van der Waals surface area contributed by atoms with Crippen LogP contribution >= 0.6 is 0 Å². The number of carbonyl (C=O) groups is 1. The third-order valence-electron chi connectivity index (χ3n) is 2.18. The van der Waals surface area contributed by atoms with Crippen LogP contribution in [0.25, 0.3) is 0 Å². The van der Waals surface area contributed by atoms with Gasteiger partial charge < -0.3 is 9.47 Å². The van der Waals surface area contributed by atoms with Gasteiger partial charge in [-0.1, -0.05) is 0 Å². The van der Waals surface area contributed by atoms with Gasteiger partial charge in [-0.3, -0.25) is 0 Å². The van der Waals surface area contributed by atoms with Gasteiger partial charge in [0.15, 0.2) is 0 Å². The molecule has 0 saturated carbocycles. The molecule has 1 heterocycles. The lowest BCUT2D eigenvalue weighted by Gasteiger charge is -2.04. The van der Waals surface area contributed by atoms with Gasteiger partial charge in [-0.2, -0.15) is 0 Å². The molecule has 0 aromatic heterocycles. The highest BCUT2D eigenvalue weighted by Crippen LogP contribution is 2.28. The number of fused-ring (bicyclic) bond motifs is 1. The van der Waals surface area contributed by atoms with Gasteiger partial charge in [-0.05, 0) is 12.1 Å². The third kappa shape index (κ3) is 1.32. The molecule has 0 spiro atoms. The van der Waals surface area contributed by atoms with Gasteiger partial charge in [0.05, 0.1) is 19.3 Å². The summed E-state index contributed by atoms with van der Waals surface area (Å²) in [7, 11) is 1.22. The van der Waals surface area contributed by atoms with Crippen LogP contribution in [-0.4, -0.2) is 19.7 Å². The quantitative estimate of drug-likeness (QED) is 0.639. The van der Waals surface area contributed by atoms with Crippen LogP contribution < -0.4 is 4.74 Å². The van der Waals surface area contributed by atoms with E-state index in [0.29, 0.717) is 18.8 Å². The number of benzene rings is 1. The Bertz CT molecular complexity index is 387. The van der Waals surface area contributed by atoms with E-state index in [9.17, 15) is 9.18 Å². The van der Waals surface area contributed by atoms with E-state index in [1.165, 1.54) is 19.2 Å². The molecule has 1 aromatic rings. The molecule has 2 rings (SSSR count). The minimum Gasteiger partial charge on any atom is -0.493 e. The van der Waals surface area contributed by atoms with E-state index in [0.717, 1.165) is 5.56 Å². The SMILES string of the molecule is COC(=O)c1cc2c(cc1F)CCO2. The van der Waals surface area contributed by atoms with Crippen molar-refractivity contribution in [2.24, 2.45) is 0 Å². The van der Waals surface area contributed by atoms with Gasteiger partial charge in [0.1, 0.15) is 11.6 Å². The van der Waals surface area contributed by atoms with E-state index in [1.807, 2.05) is 0 Å². The molecule has 1 aromatic carbocycles. The van der Waals surface area contributed by atoms with Gasteiger partial charge in [-0.25, -0.2) is 9.18 Å². The molecule has 1 aliphatic rings. The summed E-state index contributed by atoms with van der Waals surface area (Å²) in [5.41, 5.74) is 0.725. The first kappa shape index (κ1) is 8.99. The summed E-state index contributed by atoms with van der Waals surface area (Å²) in [5.74, 6) is -0.659. The maximum atomic E-state index is 13.3. The molecule has 0 fully saturated rings. The van der Waals surface area contributed by atoms with E-state index in [-0.39, 0.29) is 5.56 Å². The van der Waals surface area contributed by atoms with Gasteiger partial charge in [-0.15, -0.1) is 0 Å². The summed E-state index contributed by atoms with van der Waals surface area (Å²) in [6.45, 7) is 0.541. The first-order chi connectivity index (χ1) is 6.72. The molecule has 0 bridgehead atoms. The third-order valence-corrected chi connectivity index (χ3v) is 2.18. The molecule has 0 unspecified atom stereocenters. The Hall–Kier alpha value is -1.58. The Labute approximate surface area is 80.4 Å². The fraction of sp³-hybridized carbons (Fsp3) is 0.300. The molecule has 4 heteroatoms. The van der Waals surface area contributed by atoms with Crippen molar-refractivity contribution in [2.45, 2.75) is 6.42 Å². The normalized spacial score (nSPS) is 13.3. The standard InChI is InChI=1S/C10H9FO3/c1-13-10(12)7-5-9-6(2-3-14-9)4-8(7)11/h4-5H,2-3H2,1H3. The van der Waals surface area contributed by atoms with Crippen molar-refractivity contribution in [3.05, 3.63) is 29.1 Å². The van der Waals surface area contributed by atoms with E-state index < -0.39 is 11.8 Å². The molecule has 0 atom stereocenters. The molecule has 0 saturated heterocycles. The van der Waals surface area contributed by atoms with Gasteiger partial charge >= 0.3 is 5.97 Å². The fourth-order valence-electron chi connectivity index (χ4n) is 1.46. The summed E-state index contributed by atoms with van der Waals surface area (Å²) in [4.78, 5) is 11.1. The second-order valence-corrected chi connectivity index (χ2v) is 3.03. The largest absolute Gasteiger partial charge is 0.493 e. The van der Waals surface area contributed by atoms with Crippen LogP contribution in [0.5, 0.6) is 5.75 Å². The Morgan fingerprint density at radius 2 is 2.36 bits per heavy atom. The van der Waals surface area contributed by atoms with Crippen LogP contribution in [0.2, 0.25) is 0 Å². The summed E-state index contributed by atoms with van der Waals surface area (Å²) in [5, 5.41) is 0. The van der Waals surface area contributed by atoms with Crippen LogP contribution in [-0.2, 0) is 11.2 Å². The Balaban J connectivity index is 2.47. The molecule has 0 amide bonds. The molecule has 0 aliphatic carbocycles. The van der Waals surface area contributed by atoms with Crippen LogP contribution in [0.15, 0.2) is 12.1 Å². The Kier molecular flexibility index (Phi) is 2.11. The second kappa shape index (κ2) is 3.29. The fourth-order valence-corrected chi connectivity index (χ4v) is 1.46. The van der Waals surface area contributed by atoms with E-state index in [2.05, 4.69) is 4.74 Å². The number of rotatable bonds is 1. The zero-order valence-corrected chi connectivity index (χ0v) is 7.67. The number of ether oxygens (including phenoxy) is 2. The molecule has 1 aliphatic heterocycles. The Morgan fingerprint density at radius 1 is 1.57 bits per heavy atom.